The fourth-order valence-corrected chi connectivity index (χ4v) is 9.65. The lowest BCUT2D eigenvalue weighted by Gasteiger charge is -2.27. The van der Waals surface area contributed by atoms with Crippen molar-refractivity contribution in [1.82, 2.24) is 4.98 Å². The molecule has 390 valence electrons. The third-order valence-corrected chi connectivity index (χ3v) is 15.3. The van der Waals surface area contributed by atoms with Gasteiger partial charge in [-0.2, -0.15) is 0 Å². The van der Waals surface area contributed by atoms with E-state index in [1.807, 2.05) is 0 Å². The minimum Gasteiger partial charge on any atom is -0.263 e. The monoisotopic (exact) mass is 984 g/mol. The first kappa shape index (κ1) is 56.2. The summed E-state index contributed by atoms with van der Waals surface area (Å²) in [6.45, 7) is 56.0. The lowest BCUT2D eigenvalue weighted by Crippen LogP contribution is -2.16. The molecule has 0 N–H and O–H groups in total. The highest BCUT2D eigenvalue weighted by Crippen LogP contribution is 2.43. The van der Waals surface area contributed by atoms with Crippen molar-refractivity contribution >= 4 is 0 Å². The summed E-state index contributed by atoms with van der Waals surface area (Å²) in [5.74, 6) is 0. The highest BCUT2D eigenvalue weighted by atomic mass is 14.6. The van der Waals surface area contributed by atoms with E-state index in [4.69, 9.17) is 4.98 Å². The Hall–Kier alpha value is -5.53. The van der Waals surface area contributed by atoms with Crippen LogP contribution >= 0.6 is 0 Å². The number of benzene rings is 6. The molecule has 1 aromatic heterocycles. The molecule has 0 aliphatic rings. The van der Waals surface area contributed by atoms with Crippen LogP contribution < -0.4 is 0 Å². The van der Waals surface area contributed by atoms with Crippen molar-refractivity contribution in [3.8, 4) is 66.8 Å². The number of hydrogen-bond acceptors (Lipinski definition) is 1. The average Bonchev–Trinajstić information content (AvgIpc) is 3.28. The summed E-state index contributed by atoms with van der Waals surface area (Å²) in [6.07, 6.45) is 4.14. The Morgan fingerprint density at radius 1 is 0.162 bits per heavy atom. The number of aromatic nitrogens is 1. The summed E-state index contributed by atoms with van der Waals surface area (Å²) in [5, 5.41) is 0. The fourth-order valence-electron chi connectivity index (χ4n) is 9.65. The van der Waals surface area contributed by atoms with E-state index >= 15 is 0 Å². The van der Waals surface area contributed by atoms with E-state index in [-0.39, 0.29) is 43.3 Å². The molecule has 1 heterocycles. The molecule has 7 aromatic rings. The van der Waals surface area contributed by atoms with Crippen LogP contribution in [0.3, 0.4) is 0 Å². The predicted molar refractivity (Wildman–Crippen MR) is 326 cm³/mol. The first-order valence-corrected chi connectivity index (χ1v) is 27.6. The van der Waals surface area contributed by atoms with E-state index in [0.29, 0.717) is 0 Å². The van der Waals surface area contributed by atoms with Crippen LogP contribution in [0.1, 0.15) is 211 Å². The van der Waals surface area contributed by atoms with Crippen LogP contribution in [0.2, 0.25) is 0 Å². The lowest BCUT2D eigenvalue weighted by molar-refractivity contribution is 0.568. The number of hydrogen-bond donors (Lipinski definition) is 0. The van der Waals surface area contributed by atoms with Crippen LogP contribution in [-0.2, 0) is 43.3 Å². The predicted octanol–water partition coefficient (Wildman–Crippen LogP) is 21.5. The summed E-state index contributed by atoms with van der Waals surface area (Å²) >= 11 is 0. The van der Waals surface area contributed by atoms with Crippen molar-refractivity contribution in [3.63, 3.8) is 0 Å². The van der Waals surface area contributed by atoms with Crippen molar-refractivity contribution in [2.75, 3.05) is 0 Å². The smallest absolute Gasteiger partial charge is 0.0346 e. The second-order valence-electron chi connectivity index (χ2n) is 30.3. The summed E-state index contributed by atoms with van der Waals surface area (Å²) in [6, 6.07) is 46.1. The van der Waals surface area contributed by atoms with Crippen molar-refractivity contribution < 1.29 is 0 Å². The summed E-state index contributed by atoms with van der Waals surface area (Å²) in [5.41, 5.74) is 25.0. The SMILES string of the molecule is CC(C)(C)c1cc(-c2cc(-c3cncc(-c4cc(-c5cc(C(C)(C)C)cc(C(C)(C)C)c5)cc(-c5cc(C(C)(C)C)cc(C(C)(C)C)c5)c4)c3)cc(-c3cc(C(C)(C)C)cc(C(C)(C)C)c3)c2)cc(C(C)(C)C)c1. The van der Waals surface area contributed by atoms with Gasteiger partial charge in [0.1, 0.15) is 0 Å². The Morgan fingerprint density at radius 3 is 0.432 bits per heavy atom. The maximum Gasteiger partial charge on any atom is 0.0346 e. The van der Waals surface area contributed by atoms with Crippen molar-refractivity contribution in [2.45, 2.75) is 209 Å². The van der Waals surface area contributed by atoms with Crippen LogP contribution in [0.4, 0.5) is 0 Å². The van der Waals surface area contributed by atoms with Gasteiger partial charge in [0.25, 0.3) is 0 Å². The Bertz CT molecular complexity index is 2670. The zero-order valence-electron chi connectivity index (χ0n) is 50.6. The maximum absolute atomic E-state index is 5.12. The molecule has 74 heavy (non-hydrogen) atoms. The molecule has 1 nitrogen and oxygen atoms in total. The minimum absolute atomic E-state index is 0.0184. The molecule has 1 heteroatoms. The van der Waals surface area contributed by atoms with Crippen LogP contribution in [0, 0.1) is 0 Å². The first-order chi connectivity index (χ1) is 33.6. The fraction of sp³-hybridized carbons (Fsp3) is 0.438. The molecular formula is C73H93N. The number of rotatable bonds is 6. The van der Waals surface area contributed by atoms with Gasteiger partial charge in [-0.3, -0.25) is 4.98 Å². The van der Waals surface area contributed by atoms with Crippen molar-refractivity contribution in [3.05, 3.63) is 172 Å². The normalized spacial score (nSPS) is 13.4. The van der Waals surface area contributed by atoms with Gasteiger partial charge in [-0.1, -0.05) is 239 Å². The van der Waals surface area contributed by atoms with E-state index in [0.717, 1.165) is 22.3 Å². The molecule has 0 aliphatic heterocycles. The molecule has 0 unspecified atom stereocenters. The molecule has 0 radical (unpaired) electrons. The van der Waals surface area contributed by atoms with Gasteiger partial charge in [0.2, 0.25) is 0 Å². The number of pyridine rings is 1. The van der Waals surface area contributed by atoms with Crippen LogP contribution in [-0.4, -0.2) is 4.98 Å². The number of nitrogens with zero attached hydrogens (tertiary/aromatic N) is 1. The van der Waals surface area contributed by atoms with Gasteiger partial charge in [-0.25, -0.2) is 0 Å². The van der Waals surface area contributed by atoms with Gasteiger partial charge < -0.3 is 0 Å². The second-order valence-corrected chi connectivity index (χ2v) is 30.3. The molecule has 6 aromatic carbocycles. The first-order valence-electron chi connectivity index (χ1n) is 27.6. The largest absolute Gasteiger partial charge is 0.263 e. The zero-order chi connectivity index (χ0) is 55.1. The Balaban J connectivity index is 1.54. The average molecular weight is 985 g/mol. The molecular weight excluding hydrogens is 891 g/mol. The van der Waals surface area contributed by atoms with Crippen LogP contribution in [0.5, 0.6) is 0 Å². The zero-order valence-corrected chi connectivity index (χ0v) is 50.6. The van der Waals surface area contributed by atoms with Gasteiger partial charge in [-0.05, 0) is 186 Å². The summed E-state index contributed by atoms with van der Waals surface area (Å²) < 4.78 is 0. The van der Waals surface area contributed by atoms with Crippen LogP contribution in [0.25, 0.3) is 66.8 Å². The van der Waals surface area contributed by atoms with Gasteiger partial charge in [-0.15, -0.1) is 0 Å². The Kier molecular flexibility index (Phi) is 14.6. The molecule has 0 spiro atoms. The maximum atomic E-state index is 5.12. The third kappa shape index (κ3) is 12.9. The van der Waals surface area contributed by atoms with E-state index < -0.39 is 0 Å². The highest BCUT2D eigenvalue weighted by molar-refractivity contribution is 5.86. The van der Waals surface area contributed by atoms with Crippen molar-refractivity contribution in [2.24, 2.45) is 0 Å². The topological polar surface area (TPSA) is 12.9 Å². The van der Waals surface area contributed by atoms with Gasteiger partial charge in [0, 0.05) is 23.5 Å². The van der Waals surface area contributed by atoms with E-state index in [9.17, 15) is 0 Å². The second kappa shape index (κ2) is 19.2. The molecule has 7 rings (SSSR count). The molecule has 0 atom stereocenters. The highest BCUT2D eigenvalue weighted by Gasteiger charge is 2.27. The van der Waals surface area contributed by atoms with Gasteiger partial charge in [0.15, 0.2) is 0 Å². The van der Waals surface area contributed by atoms with E-state index in [2.05, 4.69) is 294 Å². The summed E-state index contributed by atoms with van der Waals surface area (Å²) in [4.78, 5) is 5.12. The van der Waals surface area contributed by atoms with Crippen molar-refractivity contribution in [1.29, 1.82) is 0 Å². The molecule has 0 saturated carbocycles. The Labute approximate surface area is 451 Å². The molecule has 0 fully saturated rings. The minimum atomic E-state index is -0.0184. The van der Waals surface area contributed by atoms with Gasteiger partial charge in [0.05, 0.1) is 0 Å². The van der Waals surface area contributed by atoms with E-state index in [1.54, 1.807) is 0 Å². The van der Waals surface area contributed by atoms with Gasteiger partial charge >= 0.3 is 0 Å². The third-order valence-electron chi connectivity index (χ3n) is 15.3. The lowest BCUT2D eigenvalue weighted by atomic mass is 9.77. The summed E-state index contributed by atoms with van der Waals surface area (Å²) in [7, 11) is 0. The molecule has 0 saturated heterocycles. The van der Waals surface area contributed by atoms with Crippen LogP contribution in [0.15, 0.2) is 128 Å². The molecule has 0 amide bonds. The van der Waals surface area contributed by atoms with E-state index in [1.165, 1.54) is 89.0 Å². The Morgan fingerprint density at radius 2 is 0.284 bits per heavy atom. The molecule has 0 aliphatic carbocycles. The quantitative estimate of drug-likeness (QED) is 0.162. The standard InChI is InChI=1S/C73H93N/c1-66(2,3)58-32-52(33-59(40-58)67(4,5)6)46-25-47(53-34-60(68(7,8)9)41-61(35-53)69(10,11)12)28-50(27-46)56-31-57(45-74-44-56)51-29-48(54-36-62(70(13,14)15)42-63(37-54)71(16,17)18)26-49(30-51)55-38-64(72(19,20)21)43-65(39-55)73(22,23)24/h25-45H,1-24H3. The molecule has 0 bridgehead atoms.